The first-order chi connectivity index (χ1) is 12.2. The molecule has 2 aromatic carbocycles. The summed E-state index contributed by atoms with van der Waals surface area (Å²) in [5, 5.41) is 0. The zero-order valence-electron chi connectivity index (χ0n) is 13.9. The minimum absolute atomic E-state index is 0.00856. The van der Waals surface area contributed by atoms with Gasteiger partial charge in [-0.2, -0.15) is 0 Å². The lowest BCUT2D eigenvalue weighted by atomic mass is 10.1. The maximum absolute atomic E-state index is 13.8. The molecule has 1 atom stereocenters. The van der Waals surface area contributed by atoms with E-state index >= 15 is 0 Å². The smallest absolute Gasteiger partial charge is 0.338 e. The van der Waals surface area contributed by atoms with Crippen molar-refractivity contribution >= 4 is 31.9 Å². The van der Waals surface area contributed by atoms with Gasteiger partial charge in [0, 0.05) is 22.1 Å². The van der Waals surface area contributed by atoms with Gasteiger partial charge in [0.15, 0.2) is 0 Å². The van der Waals surface area contributed by atoms with Crippen molar-refractivity contribution in [3.8, 4) is 0 Å². The average molecular weight is 448 g/mol. The Morgan fingerprint density at radius 2 is 1.92 bits per heavy atom. The van der Waals surface area contributed by atoms with Crippen LogP contribution in [0.5, 0.6) is 0 Å². The molecule has 0 amide bonds. The Morgan fingerprint density at radius 3 is 2.50 bits per heavy atom. The summed E-state index contributed by atoms with van der Waals surface area (Å²) in [5.74, 6) is -2.18. The Morgan fingerprint density at radius 1 is 1.23 bits per heavy atom. The lowest BCUT2D eigenvalue weighted by Crippen LogP contribution is -2.28. The molecule has 0 saturated heterocycles. The van der Waals surface area contributed by atoms with Gasteiger partial charge in [0.2, 0.25) is 10.0 Å². The standard InChI is InChI=1S/C17H16BrF2NO4S/c1-3-25-17(22)11-4-7-16(14(18)8-11)26(23,24)21-10(2)13-6-5-12(19)9-15(13)20/h4-10,21H,3H2,1-2H3. The maximum atomic E-state index is 13.8. The lowest BCUT2D eigenvalue weighted by Gasteiger charge is -2.16. The van der Waals surface area contributed by atoms with Crippen LogP contribution in [0.1, 0.15) is 35.8 Å². The van der Waals surface area contributed by atoms with Crippen LogP contribution in [0.4, 0.5) is 8.78 Å². The molecule has 0 heterocycles. The summed E-state index contributed by atoms with van der Waals surface area (Å²) in [5.41, 5.74) is 0.199. The number of hydrogen-bond acceptors (Lipinski definition) is 4. The molecule has 0 saturated carbocycles. The van der Waals surface area contributed by atoms with Crippen LogP contribution in [0.3, 0.4) is 0 Å². The predicted octanol–water partition coefficient (Wildman–Crippen LogP) is 3.94. The second kappa shape index (κ2) is 8.24. The summed E-state index contributed by atoms with van der Waals surface area (Å²) in [4.78, 5) is 11.6. The highest BCUT2D eigenvalue weighted by molar-refractivity contribution is 9.10. The van der Waals surface area contributed by atoms with Crippen LogP contribution in [-0.2, 0) is 14.8 Å². The number of benzene rings is 2. The van der Waals surface area contributed by atoms with Gasteiger partial charge in [0.25, 0.3) is 0 Å². The predicted molar refractivity (Wildman–Crippen MR) is 95.2 cm³/mol. The van der Waals surface area contributed by atoms with E-state index in [4.69, 9.17) is 4.74 Å². The number of halogens is 3. The van der Waals surface area contributed by atoms with Crippen molar-refractivity contribution in [2.75, 3.05) is 6.61 Å². The molecule has 1 N–H and O–H groups in total. The summed E-state index contributed by atoms with van der Waals surface area (Å²) in [6, 6.07) is 5.87. The number of sulfonamides is 1. The van der Waals surface area contributed by atoms with E-state index in [1.165, 1.54) is 31.2 Å². The van der Waals surface area contributed by atoms with Crippen LogP contribution in [0, 0.1) is 11.6 Å². The molecule has 140 valence electrons. The number of ether oxygens (including phenoxy) is 1. The van der Waals surface area contributed by atoms with Crippen LogP contribution in [0.15, 0.2) is 45.8 Å². The van der Waals surface area contributed by atoms with Gasteiger partial charge in [0.1, 0.15) is 11.6 Å². The van der Waals surface area contributed by atoms with E-state index in [-0.39, 0.29) is 27.1 Å². The quantitative estimate of drug-likeness (QED) is 0.680. The summed E-state index contributed by atoms with van der Waals surface area (Å²) < 4.78 is 59.3. The number of carbonyl (C=O) groups excluding carboxylic acids is 1. The van der Waals surface area contributed by atoms with E-state index < -0.39 is 33.7 Å². The maximum Gasteiger partial charge on any atom is 0.338 e. The third-order valence-corrected chi connectivity index (χ3v) is 6.01. The van der Waals surface area contributed by atoms with Crippen molar-refractivity contribution < 1.29 is 26.7 Å². The molecule has 0 aliphatic heterocycles. The number of rotatable bonds is 6. The molecule has 2 rings (SSSR count). The van der Waals surface area contributed by atoms with Crippen molar-refractivity contribution in [2.24, 2.45) is 0 Å². The molecular weight excluding hydrogens is 432 g/mol. The molecule has 0 fully saturated rings. The minimum Gasteiger partial charge on any atom is -0.462 e. The van der Waals surface area contributed by atoms with E-state index in [0.717, 1.165) is 6.07 Å². The van der Waals surface area contributed by atoms with Crippen molar-refractivity contribution in [2.45, 2.75) is 24.8 Å². The molecule has 0 aliphatic rings. The Hall–Kier alpha value is -1.84. The van der Waals surface area contributed by atoms with Crippen molar-refractivity contribution in [3.05, 3.63) is 63.6 Å². The topological polar surface area (TPSA) is 72.5 Å². The highest BCUT2D eigenvalue weighted by Gasteiger charge is 2.23. The molecule has 2 aromatic rings. The van der Waals surface area contributed by atoms with Crippen molar-refractivity contribution in [3.63, 3.8) is 0 Å². The van der Waals surface area contributed by atoms with E-state index in [9.17, 15) is 22.0 Å². The lowest BCUT2D eigenvalue weighted by molar-refractivity contribution is 0.0526. The summed E-state index contributed by atoms with van der Waals surface area (Å²) in [7, 11) is -4.03. The van der Waals surface area contributed by atoms with Crippen LogP contribution in [-0.4, -0.2) is 21.0 Å². The van der Waals surface area contributed by atoms with Crippen LogP contribution >= 0.6 is 15.9 Å². The second-order valence-electron chi connectivity index (χ2n) is 5.37. The molecule has 1 unspecified atom stereocenters. The zero-order valence-corrected chi connectivity index (χ0v) is 16.3. The highest BCUT2D eigenvalue weighted by atomic mass is 79.9. The van der Waals surface area contributed by atoms with Crippen LogP contribution < -0.4 is 4.72 Å². The van der Waals surface area contributed by atoms with Crippen LogP contribution in [0.25, 0.3) is 0 Å². The molecular formula is C17H16BrF2NO4S. The zero-order chi connectivity index (χ0) is 19.5. The molecule has 0 aromatic heterocycles. The first-order valence-corrected chi connectivity index (χ1v) is 9.87. The van der Waals surface area contributed by atoms with Gasteiger partial charge < -0.3 is 4.74 Å². The number of nitrogens with one attached hydrogen (secondary N) is 1. The minimum atomic E-state index is -4.03. The first kappa shape index (κ1) is 20.5. The van der Waals surface area contributed by atoms with Gasteiger partial charge in [0.05, 0.1) is 17.1 Å². The van der Waals surface area contributed by atoms with E-state index in [0.29, 0.717) is 6.07 Å². The molecule has 26 heavy (non-hydrogen) atoms. The first-order valence-electron chi connectivity index (χ1n) is 7.59. The highest BCUT2D eigenvalue weighted by Crippen LogP contribution is 2.26. The van der Waals surface area contributed by atoms with Gasteiger partial charge in [-0.3, -0.25) is 0 Å². The number of esters is 1. The third kappa shape index (κ3) is 4.66. The van der Waals surface area contributed by atoms with Crippen molar-refractivity contribution in [1.82, 2.24) is 4.72 Å². The van der Waals surface area contributed by atoms with E-state index in [1.54, 1.807) is 6.92 Å². The molecule has 5 nitrogen and oxygen atoms in total. The molecule has 0 aliphatic carbocycles. The van der Waals surface area contributed by atoms with Gasteiger partial charge in [-0.05, 0) is 54.0 Å². The fourth-order valence-electron chi connectivity index (χ4n) is 2.27. The molecule has 0 radical (unpaired) electrons. The third-order valence-electron chi connectivity index (χ3n) is 3.49. The fourth-order valence-corrected chi connectivity index (χ4v) is 4.57. The summed E-state index contributed by atoms with van der Waals surface area (Å²) in [6.45, 7) is 3.29. The Labute approximate surface area is 158 Å². The summed E-state index contributed by atoms with van der Waals surface area (Å²) >= 11 is 3.12. The second-order valence-corrected chi connectivity index (χ2v) is 7.91. The van der Waals surface area contributed by atoms with Crippen LogP contribution in [0.2, 0.25) is 0 Å². The van der Waals surface area contributed by atoms with Gasteiger partial charge >= 0.3 is 5.97 Å². The largest absolute Gasteiger partial charge is 0.462 e. The van der Waals surface area contributed by atoms with Gasteiger partial charge in [-0.25, -0.2) is 26.7 Å². The molecule has 9 heteroatoms. The van der Waals surface area contributed by atoms with E-state index in [2.05, 4.69) is 20.7 Å². The number of carbonyl (C=O) groups is 1. The average Bonchev–Trinajstić information content (AvgIpc) is 2.54. The fraction of sp³-hybridized carbons (Fsp3) is 0.235. The Kier molecular flexibility index (Phi) is 6.48. The number of hydrogen-bond donors (Lipinski definition) is 1. The monoisotopic (exact) mass is 447 g/mol. The molecule has 0 bridgehead atoms. The molecule has 0 spiro atoms. The summed E-state index contributed by atoms with van der Waals surface area (Å²) in [6.07, 6.45) is 0. The van der Waals surface area contributed by atoms with Gasteiger partial charge in [-0.15, -0.1) is 0 Å². The SMILES string of the molecule is CCOC(=O)c1ccc(S(=O)(=O)NC(C)c2ccc(F)cc2F)c(Br)c1. The normalized spacial score (nSPS) is 12.7. The Balaban J connectivity index is 2.28. The Bertz CT molecular complexity index is 934. The van der Waals surface area contributed by atoms with Crippen molar-refractivity contribution in [1.29, 1.82) is 0 Å². The van der Waals surface area contributed by atoms with Gasteiger partial charge in [-0.1, -0.05) is 6.07 Å². The van der Waals surface area contributed by atoms with E-state index in [1.807, 2.05) is 0 Å².